The summed E-state index contributed by atoms with van der Waals surface area (Å²) in [4.78, 5) is 12.7. The molecule has 2 aromatic carbocycles. The average molecular weight is 403 g/mol. The average Bonchev–Trinajstić information content (AvgIpc) is 2.69. The molecule has 1 aliphatic heterocycles. The summed E-state index contributed by atoms with van der Waals surface area (Å²) in [6.45, 7) is 5.66. The summed E-state index contributed by atoms with van der Waals surface area (Å²) in [6, 6.07) is 13.2. The molecule has 0 saturated carbocycles. The monoisotopic (exact) mass is 402 g/mol. The van der Waals surface area contributed by atoms with Crippen LogP contribution in [0.3, 0.4) is 0 Å². The number of amides is 1. The van der Waals surface area contributed by atoms with Crippen molar-refractivity contribution in [2.24, 2.45) is 5.92 Å². The zero-order valence-electron chi connectivity index (χ0n) is 16.2. The maximum absolute atomic E-state index is 12.8. The van der Waals surface area contributed by atoms with Crippen LogP contribution < -0.4 is 10.1 Å². The molecule has 0 atom stereocenters. The molecule has 0 unspecified atom stereocenters. The molecule has 28 heavy (non-hydrogen) atoms. The minimum absolute atomic E-state index is 0.249. The number of anilines is 1. The summed E-state index contributed by atoms with van der Waals surface area (Å²) < 4.78 is 32.5. The van der Waals surface area contributed by atoms with Crippen molar-refractivity contribution in [3.63, 3.8) is 0 Å². The van der Waals surface area contributed by atoms with E-state index in [4.69, 9.17) is 4.74 Å². The van der Waals surface area contributed by atoms with Gasteiger partial charge in [0.25, 0.3) is 5.91 Å². The summed E-state index contributed by atoms with van der Waals surface area (Å²) in [7, 11) is -3.49. The Hall–Kier alpha value is -2.38. The van der Waals surface area contributed by atoms with Gasteiger partial charge >= 0.3 is 0 Å². The van der Waals surface area contributed by atoms with E-state index in [-0.39, 0.29) is 10.8 Å². The molecule has 1 aliphatic rings. The van der Waals surface area contributed by atoms with Crippen LogP contribution in [-0.2, 0) is 10.0 Å². The summed E-state index contributed by atoms with van der Waals surface area (Å²) in [5, 5.41) is 2.79. The Morgan fingerprint density at radius 3 is 2.46 bits per heavy atom. The summed E-state index contributed by atoms with van der Waals surface area (Å²) >= 11 is 0. The first-order valence-corrected chi connectivity index (χ1v) is 11.0. The Morgan fingerprint density at radius 1 is 1.14 bits per heavy atom. The number of sulfonamides is 1. The third kappa shape index (κ3) is 4.72. The van der Waals surface area contributed by atoms with E-state index in [1.165, 1.54) is 0 Å². The molecule has 3 rings (SSSR count). The Bertz CT molecular complexity index is 918. The van der Waals surface area contributed by atoms with Gasteiger partial charge in [0.1, 0.15) is 5.75 Å². The number of piperidine rings is 1. The van der Waals surface area contributed by atoms with Gasteiger partial charge in [-0.25, -0.2) is 8.42 Å². The highest BCUT2D eigenvalue weighted by Gasteiger charge is 2.27. The molecule has 0 aromatic heterocycles. The molecule has 1 fully saturated rings. The molecule has 0 spiro atoms. The molecule has 7 heteroatoms. The van der Waals surface area contributed by atoms with Crippen LogP contribution in [-0.4, -0.2) is 38.3 Å². The number of benzene rings is 2. The van der Waals surface area contributed by atoms with Crippen LogP contribution in [0.25, 0.3) is 0 Å². The van der Waals surface area contributed by atoms with Gasteiger partial charge in [-0.2, -0.15) is 4.31 Å². The van der Waals surface area contributed by atoms with Crippen molar-refractivity contribution in [3.05, 3.63) is 54.1 Å². The van der Waals surface area contributed by atoms with E-state index in [0.29, 0.717) is 42.6 Å². The topological polar surface area (TPSA) is 75.7 Å². The summed E-state index contributed by atoms with van der Waals surface area (Å²) in [5.74, 6) is 0.917. The maximum atomic E-state index is 12.8. The highest BCUT2D eigenvalue weighted by Crippen LogP contribution is 2.24. The van der Waals surface area contributed by atoms with Crippen LogP contribution in [0.4, 0.5) is 5.69 Å². The van der Waals surface area contributed by atoms with Crippen LogP contribution in [0, 0.1) is 5.92 Å². The Kier molecular flexibility index (Phi) is 6.36. The number of ether oxygens (including phenoxy) is 1. The Labute approximate surface area is 166 Å². The van der Waals surface area contributed by atoms with Gasteiger partial charge in [-0.1, -0.05) is 13.0 Å². The van der Waals surface area contributed by atoms with Crippen molar-refractivity contribution in [2.75, 3.05) is 25.0 Å². The van der Waals surface area contributed by atoms with Crippen molar-refractivity contribution in [2.45, 2.75) is 31.6 Å². The highest BCUT2D eigenvalue weighted by molar-refractivity contribution is 7.89. The molecular weight excluding hydrogens is 376 g/mol. The van der Waals surface area contributed by atoms with Crippen LogP contribution in [0.5, 0.6) is 5.75 Å². The normalized spacial score (nSPS) is 15.9. The quantitative estimate of drug-likeness (QED) is 0.798. The lowest BCUT2D eigenvalue weighted by atomic mass is 10.0. The Balaban J connectivity index is 1.69. The minimum atomic E-state index is -3.49. The standard InChI is InChI=1S/C21H26N2O4S/c1-3-27-19-6-4-5-17(15-19)21(24)22-18-7-9-20(10-8-18)28(25,26)23-13-11-16(2)12-14-23/h4-10,15-16H,3,11-14H2,1-2H3,(H,22,24). The zero-order valence-corrected chi connectivity index (χ0v) is 17.0. The highest BCUT2D eigenvalue weighted by atomic mass is 32.2. The van der Waals surface area contributed by atoms with Crippen LogP contribution in [0.1, 0.15) is 37.0 Å². The molecule has 0 radical (unpaired) electrons. The van der Waals surface area contributed by atoms with E-state index in [0.717, 1.165) is 12.8 Å². The first-order chi connectivity index (χ1) is 13.4. The van der Waals surface area contributed by atoms with Gasteiger partial charge in [0.15, 0.2) is 0 Å². The van der Waals surface area contributed by atoms with E-state index in [1.54, 1.807) is 52.8 Å². The molecule has 1 amide bonds. The van der Waals surface area contributed by atoms with E-state index in [2.05, 4.69) is 12.2 Å². The molecule has 6 nitrogen and oxygen atoms in total. The lowest BCUT2D eigenvalue weighted by molar-refractivity contribution is 0.102. The second-order valence-electron chi connectivity index (χ2n) is 7.03. The van der Waals surface area contributed by atoms with Crippen molar-refractivity contribution >= 4 is 21.6 Å². The van der Waals surface area contributed by atoms with Crippen molar-refractivity contribution in [3.8, 4) is 5.75 Å². The van der Waals surface area contributed by atoms with E-state index in [9.17, 15) is 13.2 Å². The predicted molar refractivity (Wildman–Crippen MR) is 109 cm³/mol. The van der Waals surface area contributed by atoms with Gasteiger partial charge in [0.2, 0.25) is 10.0 Å². The minimum Gasteiger partial charge on any atom is -0.494 e. The number of nitrogens with one attached hydrogen (secondary N) is 1. The molecule has 1 heterocycles. The summed E-state index contributed by atoms with van der Waals surface area (Å²) in [5.41, 5.74) is 1.02. The number of hydrogen-bond acceptors (Lipinski definition) is 4. The Morgan fingerprint density at radius 2 is 1.82 bits per heavy atom. The first kappa shape index (κ1) is 20.4. The van der Waals surface area contributed by atoms with Gasteiger partial charge < -0.3 is 10.1 Å². The fourth-order valence-corrected chi connectivity index (χ4v) is 4.65. The smallest absolute Gasteiger partial charge is 0.255 e. The fraction of sp³-hybridized carbons (Fsp3) is 0.381. The van der Waals surface area contributed by atoms with Crippen LogP contribution in [0.15, 0.2) is 53.4 Å². The number of rotatable bonds is 6. The van der Waals surface area contributed by atoms with Crippen LogP contribution >= 0.6 is 0 Å². The fourth-order valence-electron chi connectivity index (χ4n) is 3.18. The third-order valence-electron chi connectivity index (χ3n) is 4.90. The molecular formula is C21H26N2O4S. The largest absolute Gasteiger partial charge is 0.494 e. The number of hydrogen-bond donors (Lipinski definition) is 1. The van der Waals surface area contributed by atoms with Gasteiger partial charge in [-0.3, -0.25) is 4.79 Å². The second-order valence-corrected chi connectivity index (χ2v) is 8.96. The van der Waals surface area contributed by atoms with E-state index in [1.807, 2.05) is 6.92 Å². The summed E-state index contributed by atoms with van der Waals surface area (Å²) in [6.07, 6.45) is 1.77. The van der Waals surface area contributed by atoms with Gasteiger partial charge in [0, 0.05) is 24.3 Å². The SMILES string of the molecule is CCOc1cccc(C(=O)Nc2ccc(S(=O)(=O)N3CCC(C)CC3)cc2)c1. The number of nitrogens with zero attached hydrogens (tertiary/aromatic N) is 1. The number of carbonyl (C=O) groups excluding carboxylic acids is 1. The first-order valence-electron chi connectivity index (χ1n) is 9.54. The predicted octanol–water partition coefficient (Wildman–Crippen LogP) is 3.76. The lowest BCUT2D eigenvalue weighted by Crippen LogP contribution is -2.37. The van der Waals surface area contributed by atoms with Gasteiger partial charge in [-0.15, -0.1) is 0 Å². The molecule has 150 valence electrons. The van der Waals surface area contributed by atoms with Crippen molar-refractivity contribution < 1.29 is 17.9 Å². The van der Waals surface area contributed by atoms with E-state index < -0.39 is 10.0 Å². The molecule has 2 aromatic rings. The van der Waals surface area contributed by atoms with E-state index >= 15 is 0 Å². The van der Waals surface area contributed by atoms with Crippen molar-refractivity contribution in [1.29, 1.82) is 0 Å². The lowest BCUT2D eigenvalue weighted by Gasteiger charge is -2.29. The van der Waals surface area contributed by atoms with Gasteiger partial charge in [-0.05, 0) is 68.1 Å². The number of carbonyl (C=O) groups is 1. The third-order valence-corrected chi connectivity index (χ3v) is 6.81. The molecule has 0 bridgehead atoms. The molecule has 1 saturated heterocycles. The van der Waals surface area contributed by atoms with Crippen LogP contribution in [0.2, 0.25) is 0 Å². The second kappa shape index (κ2) is 8.75. The zero-order chi connectivity index (χ0) is 20.1. The molecule has 0 aliphatic carbocycles. The molecule has 1 N–H and O–H groups in total. The van der Waals surface area contributed by atoms with Gasteiger partial charge in [0.05, 0.1) is 11.5 Å². The maximum Gasteiger partial charge on any atom is 0.255 e. The van der Waals surface area contributed by atoms with Crippen molar-refractivity contribution in [1.82, 2.24) is 4.31 Å².